The number of aryl methyl sites for hydroxylation is 1. The van der Waals surface area contributed by atoms with Crippen molar-refractivity contribution in [3.05, 3.63) is 131 Å². The van der Waals surface area contributed by atoms with E-state index in [1.54, 1.807) is 36.4 Å². The van der Waals surface area contributed by atoms with Gasteiger partial charge in [0.05, 0.1) is 21.8 Å². The highest BCUT2D eigenvalue weighted by molar-refractivity contribution is 7.22. The first kappa shape index (κ1) is 25.5. The summed E-state index contributed by atoms with van der Waals surface area (Å²) in [6.07, 6.45) is 0. The fourth-order valence-electron chi connectivity index (χ4n) is 4.72. The van der Waals surface area contributed by atoms with Crippen molar-refractivity contribution in [2.45, 2.75) is 19.6 Å². The largest absolute Gasteiger partial charge is 0.507 e. The third-order valence-corrected chi connectivity index (χ3v) is 7.75. The van der Waals surface area contributed by atoms with Gasteiger partial charge in [-0.25, -0.2) is 9.37 Å². The summed E-state index contributed by atoms with van der Waals surface area (Å²) in [5.41, 5.74) is 3.39. The van der Waals surface area contributed by atoms with E-state index in [0.29, 0.717) is 33.7 Å². The Labute approximate surface area is 233 Å². The minimum Gasteiger partial charge on any atom is -0.507 e. The summed E-state index contributed by atoms with van der Waals surface area (Å²) in [6, 6.07) is 27.0. The maximum atomic E-state index is 13.9. The molecule has 1 N–H and O–H groups in total. The summed E-state index contributed by atoms with van der Waals surface area (Å²) in [7, 11) is 0. The van der Waals surface area contributed by atoms with Gasteiger partial charge in [0, 0.05) is 5.56 Å². The van der Waals surface area contributed by atoms with E-state index in [9.17, 15) is 19.1 Å². The molecule has 5 aromatic rings. The molecule has 0 radical (unpaired) electrons. The zero-order valence-corrected chi connectivity index (χ0v) is 22.2. The summed E-state index contributed by atoms with van der Waals surface area (Å²) in [5.74, 6) is -1.83. The number of hydrogen-bond acceptors (Lipinski definition) is 6. The van der Waals surface area contributed by atoms with Crippen LogP contribution in [0.25, 0.3) is 16.0 Å². The summed E-state index contributed by atoms with van der Waals surface area (Å²) < 4.78 is 20.5. The maximum absolute atomic E-state index is 13.9. The highest BCUT2D eigenvalue weighted by Gasteiger charge is 2.48. The van der Waals surface area contributed by atoms with Gasteiger partial charge in [-0.1, -0.05) is 83.6 Å². The van der Waals surface area contributed by atoms with Crippen molar-refractivity contribution in [1.82, 2.24) is 4.98 Å². The van der Waals surface area contributed by atoms with Crippen LogP contribution in [-0.2, 0) is 16.2 Å². The standard InChI is InChI=1S/C32H23FN2O4S/c1-19-10-12-21(13-11-19)29(36)27-28(22-8-5-9-24(16-22)39-18-20-6-3-2-4-7-20)35(31(38)30(27)37)32-34-25-15-14-23(33)17-26(25)40-32/h2-17,28,36H,18H2,1H3/b29-27+. The first-order valence-electron chi connectivity index (χ1n) is 12.6. The second-order valence-electron chi connectivity index (χ2n) is 9.49. The number of anilines is 1. The quantitative estimate of drug-likeness (QED) is 0.141. The Morgan fingerprint density at radius 2 is 1.75 bits per heavy atom. The fraction of sp³-hybridized carbons (Fsp3) is 0.0938. The number of thiazole rings is 1. The van der Waals surface area contributed by atoms with Crippen LogP contribution >= 0.6 is 11.3 Å². The minimum absolute atomic E-state index is 0.0560. The van der Waals surface area contributed by atoms with Crippen LogP contribution in [0.3, 0.4) is 0 Å². The first-order valence-corrected chi connectivity index (χ1v) is 13.4. The summed E-state index contributed by atoms with van der Waals surface area (Å²) in [6.45, 7) is 2.25. The van der Waals surface area contributed by atoms with E-state index in [-0.39, 0.29) is 16.5 Å². The predicted octanol–water partition coefficient (Wildman–Crippen LogP) is 6.95. The normalized spacial score (nSPS) is 16.6. The number of amides is 1. The number of ketones is 1. The smallest absolute Gasteiger partial charge is 0.301 e. The Hall–Kier alpha value is -4.82. The van der Waals surface area contributed by atoms with Crippen molar-refractivity contribution >= 4 is 44.1 Å². The van der Waals surface area contributed by atoms with Gasteiger partial charge in [-0.15, -0.1) is 0 Å². The number of benzene rings is 4. The first-order chi connectivity index (χ1) is 19.4. The van der Waals surface area contributed by atoms with Gasteiger partial charge >= 0.3 is 5.91 Å². The van der Waals surface area contributed by atoms with Crippen LogP contribution < -0.4 is 9.64 Å². The van der Waals surface area contributed by atoms with Crippen LogP contribution in [-0.4, -0.2) is 21.8 Å². The highest BCUT2D eigenvalue weighted by Crippen LogP contribution is 2.45. The molecular weight excluding hydrogens is 527 g/mol. The molecule has 1 fully saturated rings. The number of aliphatic hydroxyl groups excluding tert-OH is 1. The Bertz CT molecular complexity index is 1780. The average Bonchev–Trinajstić information content (AvgIpc) is 3.50. The lowest BCUT2D eigenvalue weighted by molar-refractivity contribution is -0.132. The van der Waals surface area contributed by atoms with E-state index in [0.717, 1.165) is 22.5 Å². The number of rotatable bonds is 6. The summed E-state index contributed by atoms with van der Waals surface area (Å²) in [5, 5.41) is 11.6. The molecule has 0 aliphatic carbocycles. The van der Waals surface area contributed by atoms with Crippen LogP contribution in [0.4, 0.5) is 9.52 Å². The third-order valence-electron chi connectivity index (χ3n) is 6.74. The van der Waals surface area contributed by atoms with Gasteiger partial charge in [0.25, 0.3) is 5.78 Å². The topological polar surface area (TPSA) is 79.7 Å². The molecule has 1 aliphatic rings. The van der Waals surface area contributed by atoms with Crippen molar-refractivity contribution in [2.24, 2.45) is 0 Å². The number of nitrogens with zero attached hydrogens (tertiary/aromatic N) is 2. The number of hydrogen-bond donors (Lipinski definition) is 1. The SMILES string of the molecule is Cc1ccc(/C(O)=C2\C(=O)C(=O)N(c3nc4ccc(F)cc4s3)C2c2cccc(OCc3ccccc3)c2)cc1. The van der Waals surface area contributed by atoms with Crippen LogP contribution in [0.5, 0.6) is 5.75 Å². The van der Waals surface area contributed by atoms with Crippen LogP contribution in [0, 0.1) is 12.7 Å². The van der Waals surface area contributed by atoms with Crippen molar-refractivity contribution in [3.63, 3.8) is 0 Å². The maximum Gasteiger partial charge on any atom is 0.301 e. The van der Waals surface area contributed by atoms with Crippen molar-refractivity contribution in [3.8, 4) is 5.75 Å². The number of carbonyl (C=O) groups is 2. The fourth-order valence-corrected chi connectivity index (χ4v) is 5.73. The van der Waals surface area contributed by atoms with Gasteiger partial charge in [-0.05, 0) is 48.4 Å². The van der Waals surface area contributed by atoms with E-state index in [2.05, 4.69) is 4.98 Å². The lowest BCUT2D eigenvalue weighted by atomic mass is 9.95. The molecule has 6 nitrogen and oxygen atoms in total. The van der Waals surface area contributed by atoms with Crippen LogP contribution in [0.2, 0.25) is 0 Å². The number of carbonyl (C=O) groups excluding carboxylic acids is 2. The molecule has 2 heterocycles. The minimum atomic E-state index is -0.980. The zero-order valence-electron chi connectivity index (χ0n) is 21.4. The Morgan fingerprint density at radius 1 is 0.975 bits per heavy atom. The number of ether oxygens (including phenoxy) is 1. The molecule has 0 spiro atoms. The molecule has 0 bridgehead atoms. The molecule has 1 saturated heterocycles. The van der Waals surface area contributed by atoms with E-state index < -0.39 is 23.5 Å². The van der Waals surface area contributed by atoms with E-state index >= 15 is 0 Å². The molecule has 40 heavy (non-hydrogen) atoms. The number of Topliss-reactive ketones (excluding diaryl/α,β-unsaturated/α-hetero) is 1. The molecule has 198 valence electrons. The molecule has 4 aromatic carbocycles. The Kier molecular flexibility index (Phi) is 6.61. The monoisotopic (exact) mass is 550 g/mol. The van der Waals surface area contributed by atoms with Gasteiger partial charge < -0.3 is 9.84 Å². The highest BCUT2D eigenvalue weighted by atomic mass is 32.1. The van der Waals surface area contributed by atoms with Crippen LogP contribution in [0.15, 0.2) is 103 Å². The van der Waals surface area contributed by atoms with Crippen LogP contribution in [0.1, 0.15) is 28.3 Å². The van der Waals surface area contributed by atoms with Crippen molar-refractivity contribution in [1.29, 1.82) is 0 Å². The lowest BCUT2D eigenvalue weighted by Gasteiger charge is -2.23. The predicted molar refractivity (Wildman–Crippen MR) is 153 cm³/mol. The van der Waals surface area contributed by atoms with Crippen molar-refractivity contribution in [2.75, 3.05) is 4.90 Å². The lowest BCUT2D eigenvalue weighted by Crippen LogP contribution is -2.29. The Balaban J connectivity index is 1.47. The molecule has 1 aromatic heterocycles. The number of halogens is 1. The number of aliphatic hydroxyl groups is 1. The second-order valence-corrected chi connectivity index (χ2v) is 10.5. The molecular formula is C32H23FN2O4S. The van der Waals surface area contributed by atoms with Gasteiger partial charge in [-0.2, -0.15) is 0 Å². The Morgan fingerprint density at radius 3 is 2.52 bits per heavy atom. The van der Waals surface area contributed by atoms with Gasteiger partial charge in [-0.3, -0.25) is 14.5 Å². The molecule has 0 saturated carbocycles. The molecule has 8 heteroatoms. The van der Waals surface area contributed by atoms with E-state index in [4.69, 9.17) is 4.74 Å². The zero-order chi connectivity index (χ0) is 27.8. The average molecular weight is 551 g/mol. The van der Waals surface area contributed by atoms with E-state index in [1.165, 1.54) is 23.1 Å². The molecule has 1 atom stereocenters. The molecule has 1 unspecified atom stereocenters. The second kappa shape index (κ2) is 10.4. The molecule has 6 rings (SSSR count). The summed E-state index contributed by atoms with van der Waals surface area (Å²) in [4.78, 5) is 32.8. The molecule has 1 aliphatic heterocycles. The molecule has 1 amide bonds. The number of aromatic nitrogens is 1. The number of fused-ring (bicyclic) bond motifs is 1. The van der Waals surface area contributed by atoms with Crippen molar-refractivity contribution < 1.29 is 23.8 Å². The third kappa shape index (κ3) is 4.74. The van der Waals surface area contributed by atoms with Gasteiger partial charge in [0.15, 0.2) is 5.13 Å². The summed E-state index contributed by atoms with van der Waals surface area (Å²) >= 11 is 1.10. The van der Waals surface area contributed by atoms with E-state index in [1.807, 2.05) is 49.4 Å². The van der Waals surface area contributed by atoms with Gasteiger partial charge in [0.1, 0.15) is 23.9 Å². The van der Waals surface area contributed by atoms with Gasteiger partial charge in [0.2, 0.25) is 0 Å².